The summed E-state index contributed by atoms with van der Waals surface area (Å²) in [7, 11) is 0. The minimum absolute atomic E-state index is 0.0928. The number of alkyl halides is 1. The van der Waals surface area contributed by atoms with Gasteiger partial charge in [-0.3, -0.25) is 9.69 Å². The zero-order valence-electron chi connectivity index (χ0n) is 11.0. The molecule has 1 aliphatic carbocycles. The highest BCUT2D eigenvalue weighted by Crippen LogP contribution is 2.34. The van der Waals surface area contributed by atoms with Gasteiger partial charge in [-0.15, -0.1) is 22.9 Å². The number of halogens is 1. The lowest BCUT2D eigenvalue weighted by Crippen LogP contribution is -2.48. The molecule has 2 aliphatic rings. The average Bonchev–Trinajstić information content (AvgIpc) is 3.00. The van der Waals surface area contributed by atoms with Crippen molar-refractivity contribution in [2.24, 2.45) is 0 Å². The third-order valence-electron chi connectivity index (χ3n) is 3.98. The summed E-state index contributed by atoms with van der Waals surface area (Å²) in [6.07, 6.45) is 4.62. The Bertz CT molecular complexity index is 539. The maximum Gasteiger partial charge on any atom is 0.325 e. The van der Waals surface area contributed by atoms with Crippen LogP contribution in [0.15, 0.2) is 5.38 Å². The van der Waals surface area contributed by atoms with Crippen LogP contribution < -0.4 is 5.32 Å². The molecule has 2 fully saturated rings. The number of nitrogens with zero attached hydrogens (tertiary/aromatic N) is 2. The normalized spacial score (nSPS) is 21.6. The Balaban J connectivity index is 1.76. The highest BCUT2D eigenvalue weighted by molar-refractivity contribution is 7.09. The van der Waals surface area contributed by atoms with E-state index in [4.69, 9.17) is 11.6 Å². The fraction of sp³-hybridized carbons (Fsp3) is 0.615. The van der Waals surface area contributed by atoms with Crippen molar-refractivity contribution in [2.75, 3.05) is 0 Å². The van der Waals surface area contributed by atoms with E-state index in [1.165, 1.54) is 16.2 Å². The van der Waals surface area contributed by atoms with Crippen LogP contribution >= 0.6 is 22.9 Å². The number of thiazole rings is 1. The lowest BCUT2D eigenvalue weighted by atomic mass is 9.82. The van der Waals surface area contributed by atoms with E-state index in [-0.39, 0.29) is 18.5 Å². The Morgan fingerprint density at radius 3 is 2.75 bits per heavy atom. The van der Waals surface area contributed by atoms with Crippen LogP contribution in [0.5, 0.6) is 0 Å². The van der Waals surface area contributed by atoms with Gasteiger partial charge >= 0.3 is 6.03 Å². The van der Waals surface area contributed by atoms with Crippen LogP contribution in [-0.4, -0.2) is 27.4 Å². The summed E-state index contributed by atoms with van der Waals surface area (Å²) >= 11 is 7.15. The van der Waals surface area contributed by atoms with E-state index in [2.05, 4.69) is 10.3 Å². The van der Waals surface area contributed by atoms with E-state index >= 15 is 0 Å². The maximum atomic E-state index is 12.6. The lowest BCUT2D eigenvalue weighted by molar-refractivity contribution is -0.132. The van der Waals surface area contributed by atoms with Gasteiger partial charge < -0.3 is 5.32 Å². The highest BCUT2D eigenvalue weighted by atomic mass is 35.5. The van der Waals surface area contributed by atoms with Crippen molar-refractivity contribution >= 4 is 34.9 Å². The molecule has 20 heavy (non-hydrogen) atoms. The smallest absolute Gasteiger partial charge is 0.323 e. The van der Waals surface area contributed by atoms with E-state index in [0.29, 0.717) is 5.88 Å². The molecule has 1 aromatic heterocycles. The summed E-state index contributed by atoms with van der Waals surface area (Å²) < 4.78 is 0. The number of carbonyl (C=O) groups excluding carboxylic acids is 2. The molecule has 1 aliphatic heterocycles. The van der Waals surface area contributed by atoms with Crippen molar-refractivity contribution in [3.05, 3.63) is 16.1 Å². The molecular weight excluding hydrogens is 298 g/mol. The van der Waals surface area contributed by atoms with Gasteiger partial charge in [0.05, 0.1) is 18.1 Å². The van der Waals surface area contributed by atoms with Gasteiger partial charge in [-0.05, 0) is 12.8 Å². The molecule has 0 unspecified atom stereocenters. The molecule has 108 valence electrons. The number of urea groups is 1. The maximum absolute atomic E-state index is 12.6. The summed E-state index contributed by atoms with van der Waals surface area (Å²) in [6.45, 7) is 0.244. The molecule has 2 heterocycles. The minimum atomic E-state index is -0.651. The number of rotatable bonds is 3. The fourth-order valence-corrected chi connectivity index (χ4v) is 3.94. The van der Waals surface area contributed by atoms with E-state index in [0.717, 1.165) is 42.8 Å². The molecule has 1 aromatic rings. The fourth-order valence-electron chi connectivity index (χ4n) is 2.93. The number of hydrogen-bond donors (Lipinski definition) is 1. The summed E-state index contributed by atoms with van der Waals surface area (Å²) in [5.41, 5.74) is 0.133. The van der Waals surface area contributed by atoms with Crippen LogP contribution in [0, 0.1) is 0 Å². The second kappa shape index (κ2) is 5.33. The Kier molecular flexibility index (Phi) is 3.69. The van der Waals surface area contributed by atoms with Crippen LogP contribution in [0.3, 0.4) is 0 Å². The van der Waals surface area contributed by atoms with Gasteiger partial charge in [0.2, 0.25) is 0 Å². The first kappa shape index (κ1) is 13.8. The number of amides is 3. The van der Waals surface area contributed by atoms with Crippen LogP contribution in [-0.2, 0) is 17.2 Å². The summed E-state index contributed by atoms with van der Waals surface area (Å²) in [4.78, 5) is 30.3. The standard InChI is InChI=1S/C13H16ClN3O2S/c14-6-9-8-20-10(15-9)7-17-11(18)13(16-12(17)19)4-2-1-3-5-13/h8H,1-7H2,(H,16,19). The molecular formula is C13H16ClN3O2S. The molecule has 1 N–H and O–H groups in total. The molecule has 3 rings (SSSR count). The molecule has 0 radical (unpaired) electrons. The van der Waals surface area contributed by atoms with Crippen molar-refractivity contribution in [1.82, 2.24) is 15.2 Å². The molecule has 1 saturated carbocycles. The predicted octanol–water partition coefficient (Wildman–Crippen LogP) is 2.64. The Labute approximate surface area is 126 Å². The number of aromatic nitrogens is 1. The number of imide groups is 1. The molecule has 1 saturated heterocycles. The molecule has 0 bridgehead atoms. The Hall–Kier alpha value is -1.14. The zero-order valence-corrected chi connectivity index (χ0v) is 12.6. The summed E-state index contributed by atoms with van der Waals surface area (Å²) in [5, 5.41) is 5.50. The molecule has 7 heteroatoms. The first-order valence-corrected chi connectivity index (χ1v) is 8.19. The Morgan fingerprint density at radius 1 is 1.35 bits per heavy atom. The van der Waals surface area contributed by atoms with Gasteiger partial charge in [-0.1, -0.05) is 19.3 Å². The van der Waals surface area contributed by atoms with Gasteiger partial charge in [-0.2, -0.15) is 0 Å². The first-order chi connectivity index (χ1) is 9.64. The number of hydrogen-bond acceptors (Lipinski definition) is 4. The molecule has 1 spiro atoms. The SMILES string of the molecule is O=C1NC2(CCCCC2)C(=O)N1Cc1nc(CCl)cs1. The van der Waals surface area contributed by atoms with Crippen LogP contribution in [0.4, 0.5) is 4.79 Å². The molecule has 0 atom stereocenters. The minimum Gasteiger partial charge on any atom is -0.323 e. The second-order valence-corrected chi connectivity index (χ2v) is 6.54. The van der Waals surface area contributed by atoms with E-state index in [1.54, 1.807) is 0 Å². The number of nitrogens with one attached hydrogen (secondary N) is 1. The van der Waals surface area contributed by atoms with Crippen molar-refractivity contribution in [2.45, 2.75) is 50.1 Å². The topological polar surface area (TPSA) is 62.3 Å². The quantitative estimate of drug-likeness (QED) is 0.689. The van der Waals surface area contributed by atoms with Gasteiger partial charge in [-0.25, -0.2) is 9.78 Å². The predicted molar refractivity (Wildman–Crippen MR) is 76.6 cm³/mol. The van der Waals surface area contributed by atoms with Gasteiger partial charge in [0.15, 0.2) is 0 Å². The molecule has 5 nitrogen and oxygen atoms in total. The molecule has 0 aromatic carbocycles. The van der Waals surface area contributed by atoms with Crippen molar-refractivity contribution in [3.63, 3.8) is 0 Å². The highest BCUT2D eigenvalue weighted by Gasteiger charge is 2.51. The van der Waals surface area contributed by atoms with E-state index < -0.39 is 5.54 Å². The monoisotopic (exact) mass is 313 g/mol. The largest absolute Gasteiger partial charge is 0.325 e. The van der Waals surface area contributed by atoms with E-state index in [9.17, 15) is 9.59 Å². The van der Waals surface area contributed by atoms with Gasteiger partial charge in [0.1, 0.15) is 10.5 Å². The van der Waals surface area contributed by atoms with Crippen molar-refractivity contribution in [1.29, 1.82) is 0 Å². The lowest BCUT2D eigenvalue weighted by Gasteiger charge is -2.30. The summed E-state index contributed by atoms with van der Waals surface area (Å²) in [6, 6.07) is -0.292. The van der Waals surface area contributed by atoms with Gasteiger partial charge in [0.25, 0.3) is 5.91 Å². The van der Waals surface area contributed by atoms with Crippen LogP contribution in [0.2, 0.25) is 0 Å². The van der Waals surface area contributed by atoms with Crippen LogP contribution in [0.1, 0.15) is 42.8 Å². The third kappa shape index (κ3) is 2.31. The molecule has 3 amide bonds. The number of carbonyl (C=O) groups is 2. The zero-order chi connectivity index (χ0) is 14.2. The third-order valence-corrected chi connectivity index (χ3v) is 5.14. The van der Waals surface area contributed by atoms with Crippen molar-refractivity contribution in [3.8, 4) is 0 Å². The first-order valence-electron chi connectivity index (χ1n) is 6.78. The summed E-state index contributed by atoms with van der Waals surface area (Å²) in [5.74, 6) is 0.255. The Morgan fingerprint density at radius 2 is 2.10 bits per heavy atom. The van der Waals surface area contributed by atoms with Crippen LogP contribution in [0.25, 0.3) is 0 Å². The van der Waals surface area contributed by atoms with Gasteiger partial charge in [0, 0.05) is 5.38 Å². The van der Waals surface area contributed by atoms with Crippen molar-refractivity contribution < 1.29 is 9.59 Å². The average molecular weight is 314 g/mol. The van der Waals surface area contributed by atoms with E-state index in [1.807, 2.05) is 5.38 Å². The second-order valence-electron chi connectivity index (χ2n) is 5.33.